The number of aliphatic hydroxyl groups is 1. The molecule has 1 N–H and O–H groups in total. The largest absolute Gasteiger partial charge is 0.496 e. The van der Waals surface area contributed by atoms with Gasteiger partial charge >= 0.3 is 12.1 Å². The molecule has 1 aromatic rings. The number of methoxy groups -OCH3 is 1. The van der Waals surface area contributed by atoms with Crippen molar-refractivity contribution in [3.63, 3.8) is 0 Å². The van der Waals surface area contributed by atoms with Crippen LogP contribution in [0, 0.1) is 0 Å². The standard InChI is InChI=1S/C11H11F5O2/c1-18-9-5-3-2-4-7(9)8(17)6-10(12,13)11(14,15)16/h2-5,8,17H,6H2,1H3. The van der Waals surface area contributed by atoms with Crippen molar-refractivity contribution in [3.8, 4) is 5.75 Å². The maximum Gasteiger partial charge on any atom is 0.453 e. The third kappa shape index (κ3) is 3.10. The molecule has 0 bridgehead atoms. The molecule has 0 fully saturated rings. The Morgan fingerprint density at radius 1 is 1.17 bits per heavy atom. The van der Waals surface area contributed by atoms with Crippen LogP contribution in [0.3, 0.4) is 0 Å². The fourth-order valence-electron chi connectivity index (χ4n) is 1.41. The van der Waals surface area contributed by atoms with Gasteiger partial charge in [0.05, 0.1) is 19.6 Å². The summed E-state index contributed by atoms with van der Waals surface area (Å²) in [6.45, 7) is 0. The topological polar surface area (TPSA) is 29.5 Å². The van der Waals surface area contributed by atoms with E-state index in [2.05, 4.69) is 0 Å². The van der Waals surface area contributed by atoms with Crippen molar-refractivity contribution < 1.29 is 31.8 Å². The van der Waals surface area contributed by atoms with Crippen LogP contribution in [0.25, 0.3) is 0 Å². The second-order valence-electron chi connectivity index (χ2n) is 3.66. The van der Waals surface area contributed by atoms with Gasteiger partial charge in [0.15, 0.2) is 0 Å². The Bertz CT molecular complexity index is 403. The predicted molar refractivity (Wildman–Crippen MR) is 53.6 cm³/mol. The molecule has 0 aliphatic rings. The zero-order valence-electron chi connectivity index (χ0n) is 9.34. The highest BCUT2D eigenvalue weighted by molar-refractivity contribution is 5.35. The van der Waals surface area contributed by atoms with E-state index in [9.17, 15) is 27.1 Å². The Hall–Kier alpha value is -1.37. The highest BCUT2D eigenvalue weighted by Gasteiger charge is 2.58. The van der Waals surface area contributed by atoms with E-state index in [1.54, 1.807) is 0 Å². The first-order chi connectivity index (χ1) is 8.19. The first kappa shape index (κ1) is 14.7. The van der Waals surface area contributed by atoms with E-state index < -0.39 is 24.6 Å². The highest BCUT2D eigenvalue weighted by Crippen LogP contribution is 2.42. The molecule has 1 aromatic carbocycles. The van der Waals surface area contributed by atoms with Gasteiger partial charge in [-0.05, 0) is 6.07 Å². The van der Waals surface area contributed by atoms with Crippen molar-refractivity contribution in [2.75, 3.05) is 7.11 Å². The lowest BCUT2D eigenvalue weighted by atomic mass is 10.0. The molecule has 1 unspecified atom stereocenters. The summed E-state index contributed by atoms with van der Waals surface area (Å²) in [5, 5.41) is 9.47. The van der Waals surface area contributed by atoms with Gasteiger partial charge in [-0.25, -0.2) is 0 Å². The molecular formula is C11H11F5O2. The summed E-state index contributed by atoms with van der Waals surface area (Å²) in [5.41, 5.74) is -0.107. The number of halogens is 5. The summed E-state index contributed by atoms with van der Waals surface area (Å²) in [6.07, 6.45) is -9.38. The minimum absolute atomic E-state index is 0.0583. The smallest absolute Gasteiger partial charge is 0.453 e. The number of hydrogen-bond donors (Lipinski definition) is 1. The second kappa shape index (κ2) is 5.09. The molecule has 0 heterocycles. The first-order valence-electron chi connectivity index (χ1n) is 4.94. The lowest BCUT2D eigenvalue weighted by molar-refractivity contribution is -0.290. The Kier molecular flexibility index (Phi) is 4.16. The third-order valence-corrected chi connectivity index (χ3v) is 2.36. The molecule has 0 amide bonds. The monoisotopic (exact) mass is 270 g/mol. The van der Waals surface area contributed by atoms with Crippen molar-refractivity contribution in [2.45, 2.75) is 24.6 Å². The van der Waals surface area contributed by atoms with Gasteiger partial charge in [0.2, 0.25) is 0 Å². The van der Waals surface area contributed by atoms with Crippen LogP contribution in [0.15, 0.2) is 24.3 Å². The van der Waals surface area contributed by atoms with Crippen LogP contribution in [-0.2, 0) is 0 Å². The number of ether oxygens (including phenoxy) is 1. The minimum Gasteiger partial charge on any atom is -0.496 e. The Balaban J connectivity index is 2.92. The SMILES string of the molecule is COc1ccccc1C(O)CC(F)(F)C(F)(F)F. The van der Waals surface area contributed by atoms with Crippen molar-refractivity contribution in [3.05, 3.63) is 29.8 Å². The first-order valence-corrected chi connectivity index (χ1v) is 4.94. The Morgan fingerprint density at radius 2 is 1.72 bits per heavy atom. The van der Waals surface area contributed by atoms with Crippen LogP contribution >= 0.6 is 0 Å². The van der Waals surface area contributed by atoms with E-state index >= 15 is 0 Å². The molecule has 2 nitrogen and oxygen atoms in total. The fourth-order valence-corrected chi connectivity index (χ4v) is 1.41. The van der Waals surface area contributed by atoms with Gasteiger partial charge in [0, 0.05) is 5.56 Å². The van der Waals surface area contributed by atoms with E-state index in [0.717, 1.165) is 0 Å². The lowest BCUT2D eigenvalue weighted by Gasteiger charge is -2.23. The lowest BCUT2D eigenvalue weighted by Crippen LogP contribution is -2.37. The van der Waals surface area contributed by atoms with E-state index in [1.165, 1.54) is 31.4 Å². The molecule has 1 rings (SSSR count). The maximum atomic E-state index is 12.8. The molecule has 0 radical (unpaired) electrons. The normalized spacial score (nSPS) is 14.4. The van der Waals surface area contributed by atoms with Crippen LogP contribution in [0.5, 0.6) is 5.75 Å². The molecule has 0 saturated heterocycles. The molecule has 102 valence electrons. The highest BCUT2D eigenvalue weighted by atomic mass is 19.4. The number of aliphatic hydroxyl groups excluding tert-OH is 1. The number of hydrogen-bond acceptors (Lipinski definition) is 2. The second-order valence-corrected chi connectivity index (χ2v) is 3.66. The minimum atomic E-state index is -5.68. The van der Waals surface area contributed by atoms with Crippen LogP contribution in [0.4, 0.5) is 22.0 Å². The quantitative estimate of drug-likeness (QED) is 0.850. The molecule has 0 aliphatic carbocycles. The summed E-state index contributed by atoms with van der Waals surface area (Å²) in [7, 11) is 1.23. The Labute approximate surface area is 100.0 Å². The zero-order chi connectivity index (χ0) is 14.0. The van der Waals surface area contributed by atoms with E-state index in [4.69, 9.17) is 4.74 Å². The van der Waals surface area contributed by atoms with Gasteiger partial charge in [-0.15, -0.1) is 0 Å². The summed E-state index contributed by atoms with van der Waals surface area (Å²) in [5.74, 6) is -4.89. The van der Waals surface area contributed by atoms with Gasteiger partial charge in [0.25, 0.3) is 0 Å². The number of para-hydroxylation sites is 1. The van der Waals surface area contributed by atoms with Crippen LogP contribution in [0.1, 0.15) is 18.1 Å². The van der Waals surface area contributed by atoms with Gasteiger partial charge in [0.1, 0.15) is 5.75 Å². The van der Waals surface area contributed by atoms with Crippen molar-refractivity contribution in [1.29, 1.82) is 0 Å². The molecule has 0 saturated carbocycles. The fraction of sp³-hybridized carbons (Fsp3) is 0.455. The van der Waals surface area contributed by atoms with Gasteiger partial charge in [-0.3, -0.25) is 0 Å². The average molecular weight is 270 g/mol. The molecular weight excluding hydrogens is 259 g/mol. The average Bonchev–Trinajstić information content (AvgIpc) is 2.26. The number of benzene rings is 1. The third-order valence-electron chi connectivity index (χ3n) is 2.36. The summed E-state index contributed by atoms with van der Waals surface area (Å²) < 4.78 is 66.3. The Morgan fingerprint density at radius 3 is 2.22 bits per heavy atom. The van der Waals surface area contributed by atoms with Crippen LogP contribution in [0.2, 0.25) is 0 Å². The summed E-state index contributed by atoms with van der Waals surface area (Å²) in [4.78, 5) is 0. The number of rotatable bonds is 4. The number of alkyl halides is 5. The maximum absolute atomic E-state index is 12.8. The van der Waals surface area contributed by atoms with E-state index in [1.807, 2.05) is 0 Å². The molecule has 18 heavy (non-hydrogen) atoms. The van der Waals surface area contributed by atoms with Gasteiger partial charge in [-0.2, -0.15) is 22.0 Å². The molecule has 0 aliphatic heterocycles. The molecule has 1 atom stereocenters. The van der Waals surface area contributed by atoms with Crippen molar-refractivity contribution in [1.82, 2.24) is 0 Å². The molecule has 0 spiro atoms. The van der Waals surface area contributed by atoms with E-state index in [-0.39, 0.29) is 11.3 Å². The predicted octanol–water partition coefficient (Wildman–Crippen LogP) is 3.32. The van der Waals surface area contributed by atoms with Gasteiger partial charge in [-0.1, -0.05) is 18.2 Å². The van der Waals surface area contributed by atoms with Crippen molar-refractivity contribution >= 4 is 0 Å². The van der Waals surface area contributed by atoms with Crippen molar-refractivity contribution in [2.24, 2.45) is 0 Å². The summed E-state index contributed by atoms with van der Waals surface area (Å²) >= 11 is 0. The summed E-state index contributed by atoms with van der Waals surface area (Å²) in [6, 6.07) is 5.52. The molecule has 7 heteroatoms. The van der Waals surface area contributed by atoms with Crippen LogP contribution < -0.4 is 4.74 Å². The van der Waals surface area contributed by atoms with E-state index in [0.29, 0.717) is 0 Å². The molecule has 0 aromatic heterocycles. The van der Waals surface area contributed by atoms with Gasteiger partial charge < -0.3 is 9.84 Å². The van der Waals surface area contributed by atoms with Crippen LogP contribution in [-0.4, -0.2) is 24.3 Å². The zero-order valence-corrected chi connectivity index (χ0v) is 9.34.